The van der Waals surface area contributed by atoms with Crippen molar-refractivity contribution in [1.82, 2.24) is 14.8 Å². The van der Waals surface area contributed by atoms with E-state index in [4.69, 9.17) is 0 Å². The van der Waals surface area contributed by atoms with Crippen molar-refractivity contribution in [3.63, 3.8) is 0 Å². The molecule has 0 saturated carbocycles. The lowest BCUT2D eigenvalue weighted by molar-refractivity contribution is 0.0646. The Bertz CT molecular complexity index is 723. The standard InChI is InChI=1S/C20H27N3OS/c24-20(17-6-5-16-7-8-21-19(16)13-17)23-11-4-12-25-15-18(23)14-22-9-2-1-3-10-22/h5-8,13,18,21H,1-4,9-12,14-15H2. The fourth-order valence-electron chi connectivity index (χ4n) is 4.03. The summed E-state index contributed by atoms with van der Waals surface area (Å²) in [5.41, 5.74) is 1.85. The molecule has 2 aliphatic heterocycles. The molecule has 0 bridgehead atoms. The third-order valence-electron chi connectivity index (χ3n) is 5.42. The minimum absolute atomic E-state index is 0.195. The lowest BCUT2D eigenvalue weighted by atomic mass is 10.1. The number of thioether (sulfide) groups is 1. The number of hydrogen-bond donors (Lipinski definition) is 1. The molecular formula is C20H27N3OS. The van der Waals surface area contributed by atoms with Crippen LogP contribution in [0.15, 0.2) is 30.5 Å². The number of amides is 1. The summed E-state index contributed by atoms with van der Waals surface area (Å²) in [7, 11) is 0. The quantitative estimate of drug-likeness (QED) is 0.912. The van der Waals surface area contributed by atoms with Gasteiger partial charge in [-0.25, -0.2) is 0 Å². The van der Waals surface area contributed by atoms with Gasteiger partial charge in [0.2, 0.25) is 0 Å². The van der Waals surface area contributed by atoms with Crippen LogP contribution in [0, 0.1) is 0 Å². The topological polar surface area (TPSA) is 39.3 Å². The Morgan fingerprint density at radius 1 is 1.12 bits per heavy atom. The number of likely N-dealkylation sites (tertiary alicyclic amines) is 1. The Balaban J connectivity index is 1.53. The van der Waals surface area contributed by atoms with E-state index in [-0.39, 0.29) is 5.91 Å². The number of nitrogens with one attached hydrogen (secondary N) is 1. The van der Waals surface area contributed by atoms with Gasteiger partial charge >= 0.3 is 0 Å². The second kappa shape index (κ2) is 7.83. The van der Waals surface area contributed by atoms with Gasteiger partial charge in [0.05, 0.1) is 6.04 Å². The van der Waals surface area contributed by atoms with Crippen LogP contribution in [-0.2, 0) is 0 Å². The molecule has 1 unspecified atom stereocenters. The van der Waals surface area contributed by atoms with Gasteiger partial charge in [0.25, 0.3) is 5.91 Å². The maximum Gasteiger partial charge on any atom is 0.254 e. The summed E-state index contributed by atoms with van der Waals surface area (Å²) < 4.78 is 0. The van der Waals surface area contributed by atoms with Crippen molar-refractivity contribution in [2.24, 2.45) is 0 Å². The Labute approximate surface area is 153 Å². The zero-order chi connectivity index (χ0) is 17.1. The highest BCUT2D eigenvalue weighted by Gasteiger charge is 2.28. The summed E-state index contributed by atoms with van der Waals surface area (Å²) in [4.78, 5) is 21.2. The molecule has 2 saturated heterocycles. The van der Waals surface area contributed by atoms with Crippen molar-refractivity contribution < 1.29 is 4.79 Å². The van der Waals surface area contributed by atoms with Crippen molar-refractivity contribution >= 4 is 28.6 Å². The van der Waals surface area contributed by atoms with Crippen molar-refractivity contribution in [3.8, 4) is 0 Å². The van der Waals surface area contributed by atoms with Crippen molar-refractivity contribution in [2.75, 3.05) is 37.7 Å². The van der Waals surface area contributed by atoms with E-state index >= 15 is 0 Å². The summed E-state index contributed by atoms with van der Waals surface area (Å²) in [6, 6.07) is 8.41. The normalized spacial score (nSPS) is 22.9. The minimum atomic E-state index is 0.195. The number of aromatic amines is 1. The summed E-state index contributed by atoms with van der Waals surface area (Å²) >= 11 is 2.01. The molecule has 134 valence electrons. The van der Waals surface area contributed by atoms with E-state index < -0.39 is 0 Å². The molecule has 2 fully saturated rings. The molecule has 4 nitrogen and oxygen atoms in total. The minimum Gasteiger partial charge on any atom is -0.361 e. The maximum absolute atomic E-state index is 13.3. The van der Waals surface area contributed by atoms with E-state index in [9.17, 15) is 4.79 Å². The average molecular weight is 358 g/mol. The van der Waals surface area contributed by atoms with E-state index in [1.165, 1.54) is 32.4 Å². The number of carbonyl (C=O) groups excluding carboxylic acids is 1. The molecule has 2 aliphatic rings. The lowest BCUT2D eigenvalue weighted by Gasteiger charge is -2.35. The van der Waals surface area contributed by atoms with Crippen LogP contribution in [0.25, 0.3) is 10.9 Å². The van der Waals surface area contributed by atoms with Crippen LogP contribution in [0.4, 0.5) is 0 Å². The van der Waals surface area contributed by atoms with Crippen LogP contribution in [0.3, 0.4) is 0 Å². The van der Waals surface area contributed by atoms with Crippen LogP contribution in [0.5, 0.6) is 0 Å². The van der Waals surface area contributed by atoms with Crippen LogP contribution in [-0.4, -0.2) is 64.4 Å². The summed E-state index contributed by atoms with van der Waals surface area (Å²) in [6.45, 7) is 4.30. The molecule has 2 aromatic rings. The number of H-pyrrole nitrogens is 1. The highest BCUT2D eigenvalue weighted by molar-refractivity contribution is 7.99. The van der Waals surface area contributed by atoms with Gasteiger partial charge in [0, 0.05) is 36.1 Å². The number of aromatic nitrogens is 1. The van der Waals surface area contributed by atoms with Gasteiger partial charge in [-0.1, -0.05) is 12.5 Å². The molecule has 1 atom stereocenters. The number of piperidine rings is 1. The fourth-order valence-corrected chi connectivity index (χ4v) is 5.09. The smallest absolute Gasteiger partial charge is 0.254 e. The summed E-state index contributed by atoms with van der Waals surface area (Å²) in [6.07, 6.45) is 6.99. The van der Waals surface area contributed by atoms with Crippen LogP contribution in [0.1, 0.15) is 36.0 Å². The summed E-state index contributed by atoms with van der Waals surface area (Å²) in [5.74, 6) is 2.42. The van der Waals surface area contributed by atoms with Crippen molar-refractivity contribution in [1.29, 1.82) is 0 Å². The van der Waals surface area contributed by atoms with Gasteiger partial charge in [0.15, 0.2) is 0 Å². The van der Waals surface area contributed by atoms with Gasteiger partial charge < -0.3 is 14.8 Å². The number of rotatable bonds is 3. The Morgan fingerprint density at radius 3 is 2.88 bits per heavy atom. The van der Waals surface area contributed by atoms with E-state index in [2.05, 4.69) is 14.8 Å². The van der Waals surface area contributed by atoms with Gasteiger partial charge in [-0.05, 0) is 61.7 Å². The first-order chi connectivity index (χ1) is 12.3. The molecule has 4 rings (SSSR count). The van der Waals surface area contributed by atoms with Crippen LogP contribution < -0.4 is 0 Å². The number of nitrogens with zero attached hydrogens (tertiary/aromatic N) is 2. The third kappa shape index (κ3) is 3.87. The van der Waals surface area contributed by atoms with Gasteiger partial charge in [0.1, 0.15) is 0 Å². The zero-order valence-corrected chi connectivity index (χ0v) is 15.6. The van der Waals surface area contributed by atoms with Crippen LogP contribution in [0.2, 0.25) is 0 Å². The molecule has 1 aromatic carbocycles. The Kier molecular flexibility index (Phi) is 5.32. The SMILES string of the molecule is O=C(c1ccc2cc[nH]c2c1)N1CCCSCC1CN1CCCCC1. The van der Waals surface area contributed by atoms with Crippen molar-refractivity contribution in [2.45, 2.75) is 31.7 Å². The molecule has 25 heavy (non-hydrogen) atoms. The molecule has 1 N–H and O–H groups in total. The molecule has 0 radical (unpaired) electrons. The fraction of sp³-hybridized carbons (Fsp3) is 0.550. The Hall–Kier alpha value is -1.46. The zero-order valence-electron chi connectivity index (χ0n) is 14.7. The summed E-state index contributed by atoms with van der Waals surface area (Å²) in [5, 5.41) is 1.16. The van der Waals surface area contributed by atoms with Gasteiger partial charge in [-0.2, -0.15) is 11.8 Å². The number of fused-ring (bicyclic) bond motifs is 1. The molecule has 0 aliphatic carbocycles. The molecule has 3 heterocycles. The highest BCUT2D eigenvalue weighted by Crippen LogP contribution is 2.22. The van der Waals surface area contributed by atoms with E-state index in [0.29, 0.717) is 6.04 Å². The predicted molar refractivity (Wildman–Crippen MR) is 105 cm³/mol. The third-order valence-corrected chi connectivity index (χ3v) is 6.62. The molecule has 0 spiro atoms. The average Bonchev–Trinajstić information content (AvgIpc) is 3.00. The van der Waals surface area contributed by atoms with Gasteiger partial charge in [-0.3, -0.25) is 4.79 Å². The first kappa shape index (κ1) is 17.0. The monoisotopic (exact) mass is 357 g/mol. The largest absolute Gasteiger partial charge is 0.361 e. The molecule has 1 amide bonds. The molecular weight excluding hydrogens is 330 g/mol. The van der Waals surface area contributed by atoms with Gasteiger partial charge in [-0.15, -0.1) is 0 Å². The molecule has 5 heteroatoms. The van der Waals surface area contributed by atoms with E-state index in [0.717, 1.165) is 47.5 Å². The lowest BCUT2D eigenvalue weighted by Crippen LogP contribution is -2.49. The number of benzene rings is 1. The second-order valence-electron chi connectivity index (χ2n) is 7.22. The predicted octanol–water partition coefficient (Wildman–Crippen LogP) is 3.60. The van der Waals surface area contributed by atoms with E-state index in [1.807, 2.05) is 42.2 Å². The Morgan fingerprint density at radius 2 is 2.00 bits per heavy atom. The first-order valence-corrected chi connectivity index (χ1v) is 10.6. The molecule has 1 aromatic heterocycles. The highest BCUT2D eigenvalue weighted by atomic mass is 32.2. The van der Waals surface area contributed by atoms with Crippen molar-refractivity contribution in [3.05, 3.63) is 36.0 Å². The number of hydrogen-bond acceptors (Lipinski definition) is 3. The van der Waals surface area contributed by atoms with E-state index in [1.54, 1.807) is 0 Å². The second-order valence-corrected chi connectivity index (χ2v) is 8.37. The maximum atomic E-state index is 13.3. The first-order valence-electron chi connectivity index (χ1n) is 9.49. The van der Waals surface area contributed by atoms with Crippen LogP contribution >= 0.6 is 11.8 Å². The number of carbonyl (C=O) groups is 1.